The summed E-state index contributed by atoms with van der Waals surface area (Å²) in [6.07, 6.45) is 5.83. The van der Waals surface area contributed by atoms with E-state index < -0.39 is 15.8 Å². The third-order valence-corrected chi connectivity index (χ3v) is 6.60. The third kappa shape index (κ3) is 3.70. The number of nitrogens with two attached hydrogens (primary N) is 1. The van der Waals surface area contributed by atoms with Crippen molar-refractivity contribution in [3.05, 3.63) is 23.5 Å². The zero-order chi connectivity index (χ0) is 15.6. The number of rotatable bonds is 4. The summed E-state index contributed by atoms with van der Waals surface area (Å²) in [6, 6.07) is 2.21. The molecule has 3 N–H and O–H groups in total. The summed E-state index contributed by atoms with van der Waals surface area (Å²) in [6.45, 7) is 1.65. The van der Waals surface area contributed by atoms with Crippen molar-refractivity contribution < 1.29 is 12.8 Å². The fourth-order valence-corrected chi connectivity index (χ4v) is 5.08. The van der Waals surface area contributed by atoms with E-state index in [-0.39, 0.29) is 21.9 Å². The van der Waals surface area contributed by atoms with Gasteiger partial charge in [-0.2, -0.15) is 11.8 Å². The molecule has 1 aliphatic rings. The summed E-state index contributed by atoms with van der Waals surface area (Å²) in [5.41, 5.74) is 6.52. The van der Waals surface area contributed by atoms with Crippen LogP contribution in [0.2, 0.25) is 0 Å². The predicted octanol–water partition coefficient (Wildman–Crippen LogP) is 2.67. The highest BCUT2D eigenvalue weighted by atomic mass is 32.2. The fourth-order valence-electron chi connectivity index (χ4n) is 2.65. The zero-order valence-electron chi connectivity index (χ0n) is 12.2. The topological polar surface area (TPSA) is 72.2 Å². The predicted molar refractivity (Wildman–Crippen MR) is 85.4 cm³/mol. The number of aryl methyl sites for hydroxylation is 1. The Hall–Kier alpha value is -0.790. The molecule has 2 rings (SSSR count). The molecule has 118 valence electrons. The molecule has 2 atom stereocenters. The van der Waals surface area contributed by atoms with E-state index in [0.29, 0.717) is 5.56 Å². The number of hydrogen-bond donors (Lipinski definition) is 2. The first kappa shape index (κ1) is 16.6. The molecule has 2 unspecified atom stereocenters. The molecule has 1 saturated carbocycles. The van der Waals surface area contributed by atoms with E-state index in [1.807, 2.05) is 6.26 Å². The lowest BCUT2D eigenvalue weighted by Gasteiger charge is -2.30. The number of thioether (sulfide) groups is 1. The molecule has 0 aliphatic heterocycles. The van der Waals surface area contributed by atoms with Crippen molar-refractivity contribution in [3.63, 3.8) is 0 Å². The number of sulfonamides is 1. The van der Waals surface area contributed by atoms with Crippen LogP contribution in [0.3, 0.4) is 0 Å². The van der Waals surface area contributed by atoms with Crippen molar-refractivity contribution in [2.45, 2.75) is 48.8 Å². The molecule has 0 heterocycles. The lowest BCUT2D eigenvalue weighted by Crippen LogP contribution is -2.43. The molecule has 1 fully saturated rings. The minimum atomic E-state index is -3.89. The smallest absolute Gasteiger partial charge is 0.243 e. The highest BCUT2D eigenvalue weighted by Gasteiger charge is 2.30. The van der Waals surface area contributed by atoms with Crippen molar-refractivity contribution in [1.82, 2.24) is 4.72 Å². The van der Waals surface area contributed by atoms with Gasteiger partial charge in [-0.3, -0.25) is 0 Å². The van der Waals surface area contributed by atoms with Gasteiger partial charge in [0.1, 0.15) is 10.7 Å². The first-order chi connectivity index (χ1) is 9.85. The van der Waals surface area contributed by atoms with Crippen molar-refractivity contribution in [3.8, 4) is 0 Å². The van der Waals surface area contributed by atoms with Crippen molar-refractivity contribution in [2.24, 2.45) is 0 Å². The lowest BCUT2D eigenvalue weighted by molar-refractivity contribution is 0.422. The maximum Gasteiger partial charge on any atom is 0.243 e. The molecule has 1 aliphatic carbocycles. The van der Waals surface area contributed by atoms with Gasteiger partial charge in [-0.15, -0.1) is 0 Å². The molecule has 0 saturated heterocycles. The largest absolute Gasteiger partial charge is 0.398 e. The van der Waals surface area contributed by atoms with Gasteiger partial charge in [0.15, 0.2) is 0 Å². The van der Waals surface area contributed by atoms with Crippen LogP contribution in [0, 0.1) is 12.7 Å². The van der Waals surface area contributed by atoms with Crippen molar-refractivity contribution in [1.29, 1.82) is 0 Å². The molecule has 21 heavy (non-hydrogen) atoms. The molecule has 1 aromatic rings. The van der Waals surface area contributed by atoms with Gasteiger partial charge in [0.25, 0.3) is 0 Å². The van der Waals surface area contributed by atoms with E-state index >= 15 is 0 Å². The average Bonchev–Trinajstić information content (AvgIpc) is 2.43. The van der Waals surface area contributed by atoms with E-state index in [0.717, 1.165) is 31.7 Å². The highest BCUT2D eigenvalue weighted by Crippen LogP contribution is 2.29. The van der Waals surface area contributed by atoms with Gasteiger partial charge < -0.3 is 5.73 Å². The monoisotopic (exact) mass is 332 g/mol. The summed E-state index contributed by atoms with van der Waals surface area (Å²) in [5, 5.41) is 0.236. The minimum Gasteiger partial charge on any atom is -0.398 e. The van der Waals surface area contributed by atoms with Crippen LogP contribution in [0.15, 0.2) is 17.0 Å². The molecule has 0 radical (unpaired) electrons. The second-order valence-electron chi connectivity index (χ2n) is 5.43. The quantitative estimate of drug-likeness (QED) is 0.832. The molecule has 7 heteroatoms. The number of nitrogens with one attached hydrogen (secondary N) is 1. The molecule has 4 nitrogen and oxygen atoms in total. The number of halogens is 1. The van der Waals surface area contributed by atoms with E-state index in [2.05, 4.69) is 4.72 Å². The summed E-state index contributed by atoms with van der Waals surface area (Å²) < 4.78 is 41.5. The Balaban J connectivity index is 2.28. The van der Waals surface area contributed by atoms with Gasteiger partial charge >= 0.3 is 0 Å². The fraction of sp³-hybridized carbons (Fsp3) is 0.571. The highest BCUT2D eigenvalue weighted by molar-refractivity contribution is 7.99. The number of nitrogen functional groups attached to an aromatic ring is 1. The van der Waals surface area contributed by atoms with Crippen LogP contribution in [0.5, 0.6) is 0 Å². The molecular weight excluding hydrogens is 311 g/mol. The maximum atomic E-state index is 14.0. The van der Waals surface area contributed by atoms with Crippen LogP contribution in [0.1, 0.15) is 31.2 Å². The number of benzene rings is 1. The molecular formula is C14H21FN2O2S2. The lowest BCUT2D eigenvalue weighted by atomic mass is 9.96. The Morgan fingerprint density at radius 2 is 2.00 bits per heavy atom. The van der Waals surface area contributed by atoms with Gasteiger partial charge in [-0.1, -0.05) is 12.8 Å². The third-order valence-electron chi connectivity index (χ3n) is 3.92. The maximum absolute atomic E-state index is 14.0. The Labute approximate surface area is 129 Å². The van der Waals surface area contributed by atoms with E-state index in [9.17, 15) is 12.8 Å². The van der Waals surface area contributed by atoms with Gasteiger partial charge in [-0.05, 0) is 43.7 Å². The molecule has 0 spiro atoms. The molecule has 1 aromatic carbocycles. The minimum absolute atomic E-state index is 0.152. The second kappa shape index (κ2) is 6.54. The SMILES string of the molecule is CSC1CCCCC1NS(=O)(=O)c1cc(N)c(C)cc1F. The first-order valence-corrected chi connectivity index (χ1v) is 9.73. The van der Waals surface area contributed by atoms with Gasteiger partial charge in [-0.25, -0.2) is 17.5 Å². The summed E-state index contributed by atoms with van der Waals surface area (Å²) >= 11 is 1.65. The van der Waals surface area contributed by atoms with Gasteiger partial charge in [0.2, 0.25) is 10.0 Å². The van der Waals surface area contributed by atoms with Crippen LogP contribution in [-0.2, 0) is 10.0 Å². The Morgan fingerprint density at radius 3 is 2.67 bits per heavy atom. The first-order valence-electron chi connectivity index (χ1n) is 6.96. The summed E-state index contributed by atoms with van der Waals surface area (Å²) in [4.78, 5) is -0.365. The summed E-state index contributed by atoms with van der Waals surface area (Å²) in [7, 11) is -3.89. The van der Waals surface area contributed by atoms with E-state index in [1.54, 1.807) is 18.7 Å². The van der Waals surface area contributed by atoms with Gasteiger partial charge in [0.05, 0.1) is 0 Å². The van der Waals surface area contributed by atoms with Crippen molar-refractivity contribution >= 4 is 27.5 Å². The standard InChI is InChI=1S/C14H21FN2O2S2/c1-9-7-10(15)14(8-11(9)16)21(18,19)17-12-5-3-4-6-13(12)20-2/h7-8,12-13,17H,3-6,16H2,1-2H3. The Morgan fingerprint density at radius 1 is 1.33 bits per heavy atom. The van der Waals surface area contributed by atoms with Crippen LogP contribution >= 0.6 is 11.8 Å². The normalized spacial score (nSPS) is 23.2. The van der Waals surface area contributed by atoms with E-state index in [4.69, 9.17) is 5.73 Å². The summed E-state index contributed by atoms with van der Waals surface area (Å²) in [5.74, 6) is -0.759. The van der Waals surface area contributed by atoms with E-state index in [1.165, 1.54) is 6.07 Å². The van der Waals surface area contributed by atoms with Crippen molar-refractivity contribution in [2.75, 3.05) is 12.0 Å². The Kier molecular flexibility index (Phi) is 5.16. The van der Waals surface area contributed by atoms with Crippen LogP contribution in [-0.4, -0.2) is 26.0 Å². The number of hydrogen-bond acceptors (Lipinski definition) is 4. The van der Waals surface area contributed by atoms with Gasteiger partial charge in [0, 0.05) is 17.0 Å². The molecule has 0 bridgehead atoms. The molecule has 0 aromatic heterocycles. The van der Waals surface area contributed by atoms with Crippen LogP contribution in [0.25, 0.3) is 0 Å². The second-order valence-corrected chi connectivity index (χ2v) is 8.18. The Bertz CT molecular complexity index is 620. The molecule has 0 amide bonds. The average molecular weight is 332 g/mol. The zero-order valence-corrected chi connectivity index (χ0v) is 13.9. The van der Waals surface area contributed by atoms with Crippen LogP contribution < -0.4 is 10.5 Å². The number of anilines is 1. The van der Waals surface area contributed by atoms with Crippen LogP contribution in [0.4, 0.5) is 10.1 Å².